The number of carbonyl (C=O) groups is 4. The Hall–Kier alpha value is -1.46. The summed E-state index contributed by atoms with van der Waals surface area (Å²) in [7, 11) is 0. The van der Waals surface area contributed by atoms with Gasteiger partial charge in [-0.2, -0.15) is 25.3 Å². The first kappa shape index (κ1) is 24.5. The number of nitrogens with two attached hydrogens (primary N) is 1. The van der Waals surface area contributed by atoms with E-state index < -0.39 is 47.9 Å². The molecule has 0 bridgehead atoms. The molecule has 3 amide bonds. The van der Waals surface area contributed by atoms with Crippen LogP contribution in [0.3, 0.4) is 0 Å². The number of hydrogen-bond acceptors (Lipinski definition) is 7. The van der Waals surface area contributed by atoms with E-state index in [1.807, 2.05) is 13.8 Å². The van der Waals surface area contributed by atoms with Gasteiger partial charge in [-0.25, -0.2) is 4.79 Å². The number of hydrogen-bond donors (Lipinski definition) is 7. The predicted molar refractivity (Wildman–Crippen MR) is 104 cm³/mol. The van der Waals surface area contributed by atoms with Crippen molar-refractivity contribution in [3.8, 4) is 0 Å². The highest BCUT2D eigenvalue weighted by molar-refractivity contribution is 7.80. The van der Waals surface area contributed by atoms with E-state index in [0.29, 0.717) is 0 Å². The highest BCUT2D eigenvalue weighted by Crippen LogP contribution is 2.05. The third kappa shape index (κ3) is 8.77. The van der Waals surface area contributed by atoms with Crippen LogP contribution in [-0.4, -0.2) is 64.5 Å². The number of nitrogens with one attached hydrogen (secondary N) is 3. The minimum Gasteiger partial charge on any atom is -0.480 e. The van der Waals surface area contributed by atoms with Gasteiger partial charge in [0.1, 0.15) is 18.1 Å². The number of carbonyl (C=O) groups excluding carboxylic acids is 3. The fourth-order valence-electron chi connectivity index (χ4n) is 1.92. The first-order valence-electron chi connectivity index (χ1n) is 8.14. The normalized spacial score (nSPS) is 15.5. The van der Waals surface area contributed by atoms with Crippen LogP contribution in [-0.2, 0) is 19.2 Å². The molecule has 0 aliphatic rings. The van der Waals surface area contributed by atoms with Gasteiger partial charge >= 0.3 is 5.97 Å². The average Bonchev–Trinajstić information content (AvgIpc) is 2.56. The summed E-state index contributed by atoms with van der Waals surface area (Å²) in [5.41, 5.74) is 5.51. The maximum absolute atomic E-state index is 12.2. The lowest BCUT2D eigenvalue weighted by Crippen LogP contribution is -2.57. The van der Waals surface area contributed by atoms with E-state index in [-0.39, 0.29) is 23.8 Å². The summed E-state index contributed by atoms with van der Waals surface area (Å²) in [6.45, 7) is 5.10. The fourth-order valence-corrected chi connectivity index (χ4v) is 2.35. The monoisotopic (exact) mass is 408 g/mol. The lowest BCUT2D eigenvalue weighted by Gasteiger charge is -2.23. The maximum atomic E-state index is 12.2. The van der Waals surface area contributed by atoms with Gasteiger partial charge in [0.15, 0.2) is 0 Å². The molecule has 0 aromatic carbocycles. The number of thiol groups is 2. The van der Waals surface area contributed by atoms with Gasteiger partial charge in [-0.1, -0.05) is 13.8 Å². The molecule has 26 heavy (non-hydrogen) atoms. The van der Waals surface area contributed by atoms with Gasteiger partial charge in [0, 0.05) is 11.5 Å². The Morgan fingerprint density at radius 2 is 1.42 bits per heavy atom. The largest absolute Gasteiger partial charge is 0.480 e. The van der Waals surface area contributed by atoms with Crippen molar-refractivity contribution >= 4 is 48.9 Å². The Morgan fingerprint density at radius 3 is 1.85 bits per heavy atom. The van der Waals surface area contributed by atoms with Gasteiger partial charge in [0.2, 0.25) is 17.7 Å². The Balaban J connectivity index is 4.80. The van der Waals surface area contributed by atoms with Crippen LogP contribution in [0, 0.1) is 5.92 Å². The second-order valence-corrected chi connectivity index (χ2v) is 7.02. The molecule has 0 aromatic heterocycles. The molecule has 0 aromatic rings. The molecule has 11 heteroatoms. The van der Waals surface area contributed by atoms with Crippen molar-refractivity contribution in [2.75, 3.05) is 11.5 Å². The first-order valence-corrected chi connectivity index (χ1v) is 9.41. The zero-order valence-electron chi connectivity index (χ0n) is 15.1. The summed E-state index contributed by atoms with van der Waals surface area (Å²) >= 11 is 7.92. The molecule has 0 spiro atoms. The summed E-state index contributed by atoms with van der Waals surface area (Å²) < 4.78 is 0. The van der Waals surface area contributed by atoms with E-state index in [1.54, 1.807) is 0 Å². The fraction of sp³-hybridized carbons (Fsp3) is 0.733. The van der Waals surface area contributed by atoms with Crippen LogP contribution in [0.2, 0.25) is 0 Å². The quantitative estimate of drug-likeness (QED) is 0.213. The highest BCUT2D eigenvalue weighted by Gasteiger charge is 2.28. The van der Waals surface area contributed by atoms with Crippen LogP contribution < -0.4 is 21.7 Å². The molecular weight excluding hydrogens is 380 g/mol. The predicted octanol–water partition coefficient (Wildman–Crippen LogP) is -1.22. The molecule has 0 heterocycles. The topological polar surface area (TPSA) is 151 Å². The summed E-state index contributed by atoms with van der Waals surface area (Å²) in [6.07, 6.45) is 0.252. The van der Waals surface area contributed by atoms with Gasteiger partial charge in [-0.15, -0.1) is 0 Å². The molecule has 0 rings (SSSR count). The standard InChI is InChI=1S/C15H28N4O5S2/c1-7(2)4-10(15(23)24)18-14(22)11(6-26)19-12(20)8(3)17-13(21)9(16)5-25/h7-11,25-26H,4-6,16H2,1-3H3,(H,17,21)(H,18,22)(H,19,20)(H,23,24). The molecule has 0 radical (unpaired) electrons. The van der Waals surface area contributed by atoms with Crippen LogP contribution in [0.25, 0.3) is 0 Å². The third-order valence-electron chi connectivity index (χ3n) is 3.42. The molecule has 4 unspecified atom stereocenters. The minimum absolute atomic E-state index is 0.0393. The van der Waals surface area contributed by atoms with Gasteiger partial charge in [-0.3, -0.25) is 14.4 Å². The van der Waals surface area contributed by atoms with Crippen molar-refractivity contribution in [1.82, 2.24) is 16.0 Å². The van der Waals surface area contributed by atoms with Crippen molar-refractivity contribution in [2.45, 2.75) is 51.4 Å². The number of rotatable bonds is 11. The second-order valence-electron chi connectivity index (χ2n) is 6.29. The maximum Gasteiger partial charge on any atom is 0.326 e. The number of carboxylic acid groups (broad SMARTS) is 1. The SMILES string of the molecule is CC(C)CC(NC(=O)C(CS)NC(=O)C(C)NC(=O)C(N)CS)C(=O)O. The number of carboxylic acids is 1. The van der Waals surface area contributed by atoms with Crippen LogP contribution in [0.5, 0.6) is 0 Å². The number of amides is 3. The summed E-state index contributed by atoms with van der Waals surface area (Å²) in [4.78, 5) is 47.3. The first-order chi connectivity index (χ1) is 12.0. The van der Waals surface area contributed by atoms with Crippen molar-refractivity contribution in [2.24, 2.45) is 11.7 Å². The molecule has 0 fully saturated rings. The molecule has 4 atom stereocenters. The zero-order valence-corrected chi connectivity index (χ0v) is 16.8. The van der Waals surface area contributed by atoms with E-state index in [4.69, 9.17) is 5.73 Å². The van der Waals surface area contributed by atoms with Crippen molar-refractivity contribution in [3.05, 3.63) is 0 Å². The van der Waals surface area contributed by atoms with Gasteiger partial charge in [0.25, 0.3) is 0 Å². The molecular formula is C15H28N4O5S2. The molecule has 6 N–H and O–H groups in total. The molecule has 9 nitrogen and oxygen atoms in total. The summed E-state index contributed by atoms with van der Waals surface area (Å²) in [5, 5.41) is 16.4. The second kappa shape index (κ2) is 12.0. The lowest BCUT2D eigenvalue weighted by atomic mass is 10.0. The summed E-state index contributed by atoms with van der Waals surface area (Å²) in [5.74, 6) is -2.83. The zero-order chi connectivity index (χ0) is 20.4. The molecule has 0 saturated carbocycles. The van der Waals surface area contributed by atoms with E-state index >= 15 is 0 Å². The van der Waals surface area contributed by atoms with E-state index in [2.05, 4.69) is 41.2 Å². The van der Waals surface area contributed by atoms with Crippen LogP contribution >= 0.6 is 25.3 Å². The Morgan fingerprint density at radius 1 is 0.885 bits per heavy atom. The van der Waals surface area contributed by atoms with Crippen molar-refractivity contribution in [3.63, 3.8) is 0 Å². The van der Waals surface area contributed by atoms with Gasteiger partial charge < -0.3 is 26.8 Å². The Bertz CT molecular complexity index is 518. The minimum atomic E-state index is -1.15. The third-order valence-corrected chi connectivity index (χ3v) is 4.18. The molecule has 150 valence electrons. The van der Waals surface area contributed by atoms with Gasteiger partial charge in [0.05, 0.1) is 6.04 Å². The smallest absolute Gasteiger partial charge is 0.326 e. The summed E-state index contributed by atoms with van der Waals surface area (Å²) in [6, 6.07) is -3.90. The van der Waals surface area contributed by atoms with Crippen molar-refractivity contribution < 1.29 is 24.3 Å². The van der Waals surface area contributed by atoms with Crippen LogP contribution in [0.1, 0.15) is 27.2 Å². The van der Waals surface area contributed by atoms with Crippen molar-refractivity contribution in [1.29, 1.82) is 0 Å². The average molecular weight is 409 g/mol. The molecule has 0 saturated heterocycles. The van der Waals surface area contributed by atoms with Gasteiger partial charge in [-0.05, 0) is 19.3 Å². The highest BCUT2D eigenvalue weighted by atomic mass is 32.1. The Kier molecular flexibility index (Phi) is 11.3. The van der Waals surface area contributed by atoms with E-state index in [1.165, 1.54) is 6.92 Å². The van der Waals surface area contributed by atoms with Crippen LogP contribution in [0.15, 0.2) is 0 Å². The van der Waals surface area contributed by atoms with Crippen LogP contribution in [0.4, 0.5) is 0 Å². The van der Waals surface area contributed by atoms with E-state index in [9.17, 15) is 24.3 Å². The Labute approximate surface area is 164 Å². The van der Waals surface area contributed by atoms with E-state index in [0.717, 1.165) is 0 Å². The number of aliphatic carboxylic acids is 1. The lowest BCUT2D eigenvalue weighted by molar-refractivity contribution is -0.142. The molecule has 0 aliphatic carbocycles. The molecule has 0 aliphatic heterocycles.